The molecule has 0 aromatic rings. The quantitative estimate of drug-likeness (QED) is 0.309. The first kappa shape index (κ1) is 20.0. The maximum atomic E-state index is 4.84. The molecule has 0 unspecified atom stereocenters. The van der Waals surface area contributed by atoms with Gasteiger partial charge in [-0.05, 0) is 64.1 Å². The van der Waals surface area contributed by atoms with Crippen LogP contribution in [0.15, 0.2) is 4.99 Å². The van der Waals surface area contributed by atoms with E-state index in [2.05, 4.69) is 35.9 Å². The molecule has 0 aliphatic carbocycles. The van der Waals surface area contributed by atoms with Gasteiger partial charge in [-0.25, -0.2) is 0 Å². The Labute approximate surface area is 154 Å². The van der Waals surface area contributed by atoms with E-state index in [4.69, 9.17) is 4.99 Å². The van der Waals surface area contributed by atoms with Crippen molar-refractivity contribution in [3.63, 3.8) is 0 Å². The van der Waals surface area contributed by atoms with Crippen molar-refractivity contribution in [2.24, 2.45) is 10.4 Å². The summed E-state index contributed by atoms with van der Waals surface area (Å²) in [4.78, 5) is 9.87. The zero-order valence-electron chi connectivity index (χ0n) is 14.7. The molecular weight excluding hydrogens is 387 g/mol. The van der Waals surface area contributed by atoms with Crippen LogP contribution in [-0.2, 0) is 0 Å². The number of hydrogen-bond donors (Lipinski definition) is 1. The van der Waals surface area contributed by atoms with Gasteiger partial charge in [0, 0.05) is 26.2 Å². The van der Waals surface area contributed by atoms with Gasteiger partial charge in [0.15, 0.2) is 5.96 Å². The molecule has 2 heterocycles. The third kappa shape index (κ3) is 6.60. The molecule has 5 heteroatoms. The third-order valence-electron chi connectivity index (χ3n) is 4.65. The molecule has 4 nitrogen and oxygen atoms in total. The lowest BCUT2D eigenvalue weighted by molar-refractivity contribution is 0.331. The number of halogens is 1. The van der Waals surface area contributed by atoms with Gasteiger partial charge < -0.3 is 15.1 Å². The molecule has 22 heavy (non-hydrogen) atoms. The predicted octanol–water partition coefficient (Wildman–Crippen LogP) is 3.18. The van der Waals surface area contributed by atoms with Crippen LogP contribution in [0.2, 0.25) is 0 Å². The van der Waals surface area contributed by atoms with E-state index in [0.29, 0.717) is 5.41 Å². The van der Waals surface area contributed by atoms with Crippen molar-refractivity contribution in [3.8, 4) is 0 Å². The smallest absolute Gasteiger partial charge is 0.193 e. The Morgan fingerprint density at radius 2 is 1.86 bits per heavy atom. The molecule has 0 saturated carbocycles. The highest BCUT2D eigenvalue weighted by Gasteiger charge is 2.30. The van der Waals surface area contributed by atoms with E-state index in [1.807, 2.05) is 0 Å². The number of hydrogen-bond acceptors (Lipinski definition) is 2. The van der Waals surface area contributed by atoms with E-state index >= 15 is 0 Å². The predicted molar refractivity (Wildman–Crippen MR) is 106 cm³/mol. The van der Waals surface area contributed by atoms with Crippen molar-refractivity contribution in [3.05, 3.63) is 0 Å². The maximum absolute atomic E-state index is 4.84. The van der Waals surface area contributed by atoms with Crippen molar-refractivity contribution in [1.82, 2.24) is 15.1 Å². The Balaban J connectivity index is 0.00000242. The molecule has 0 spiro atoms. The number of rotatable bonds is 6. The minimum Gasteiger partial charge on any atom is -0.357 e. The molecule has 2 fully saturated rings. The van der Waals surface area contributed by atoms with Gasteiger partial charge in [-0.3, -0.25) is 4.99 Å². The normalized spacial score (nSPS) is 22.0. The maximum Gasteiger partial charge on any atom is 0.193 e. The van der Waals surface area contributed by atoms with Gasteiger partial charge in [0.25, 0.3) is 0 Å². The Morgan fingerprint density at radius 1 is 1.14 bits per heavy atom. The third-order valence-corrected chi connectivity index (χ3v) is 4.65. The van der Waals surface area contributed by atoms with Gasteiger partial charge in [-0.1, -0.05) is 13.8 Å². The highest BCUT2D eigenvalue weighted by Crippen LogP contribution is 2.28. The largest absolute Gasteiger partial charge is 0.357 e. The molecule has 2 saturated heterocycles. The van der Waals surface area contributed by atoms with Crippen LogP contribution < -0.4 is 5.32 Å². The first-order chi connectivity index (χ1) is 10.1. The molecule has 0 atom stereocenters. The van der Waals surface area contributed by atoms with Gasteiger partial charge >= 0.3 is 0 Å². The van der Waals surface area contributed by atoms with Gasteiger partial charge in [0.2, 0.25) is 0 Å². The minimum absolute atomic E-state index is 0. The van der Waals surface area contributed by atoms with Crippen molar-refractivity contribution in [1.29, 1.82) is 0 Å². The zero-order chi connectivity index (χ0) is 15.1. The number of guanidine groups is 1. The molecule has 2 rings (SSSR count). The van der Waals surface area contributed by atoms with Crippen molar-refractivity contribution < 1.29 is 0 Å². The summed E-state index contributed by atoms with van der Waals surface area (Å²) in [5, 5.41) is 3.46. The van der Waals surface area contributed by atoms with Crippen LogP contribution in [0.5, 0.6) is 0 Å². The Hall–Kier alpha value is -0.0400. The number of likely N-dealkylation sites (tertiary alicyclic amines) is 2. The van der Waals surface area contributed by atoms with Crippen LogP contribution in [0.4, 0.5) is 0 Å². The van der Waals surface area contributed by atoms with Crippen LogP contribution in [0.1, 0.15) is 52.9 Å². The van der Waals surface area contributed by atoms with Crippen molar-refractivity contribution in [2.75, 3.05) is 45.8 Å². The lowest BCUT2D eigenvalue weighted by atomic mass is 9.93. The van der Waals surface area contributed by atoms with E-state index in [-0.39, 0.29) is 24.0 Å². The summed E-state index contributed by atoms with van der Waals surface area (Å²) in [5.41, 5.74) is 0.436. The number of nitrogens with zero attached hydrogens (tertiary/aromatic N) is 3. The number of aliphatic imine (C=N–C) groups is 1. The molecule has 2 aliphatic rings. The molecule has 1 N–H and O–H groups in total. The summed E-state index contributed by atoms with van der Waals surface area (Å²) in [6.45, 7) is 15.0. The summed E-state index contributed by atoms with van der Waals surface area (Å²) in [7, 11) is 0. The minimum atomic E-state index is 0. The van der Waals surface area contributed by atoms with Gasteiger partial charge in [-0.2, -0.15) is 0 Å². The molecule has 0 aromatic heterocycles. The first-order valence-electron chi connectivity index (χ1n) is 8.86. The molecular formula is C17H35IN4. The zero-order valence-corrected chi connectivity index (χ0v) is 17.1. The molecule has 0 amide bonds. The topological polar surface area (TPSA) is 30.9 Å². The van der Waals surface area contributed by atoms with E-state index < -0.39 is 0 Å². The SMILES string of the molecule is CCNC(=NCCCCN1CCCC1)N1CCC(C)(C)C1.I. The van der Waals surface area contributed by atoms with Gasteiger partial charge in [0.1, 0.15) is 0 Å². The van der Waals surface area contributed by atoms with Crippen LogP contribution in [0.25, 0.3) is 0 Å². The standard InChI is InChI=1S/C17H34N4.HI/c1-4-18-16(21-14-9-17(2,3)15-21)19-10-5-6-11-20-12-7-8-13-20;/h4-15H2,1-3H3,(H,18,19);1H. The monoisotopic (exact) mass is 422 g/mol. The fourth-order valence-corrected chi connectivity index (χ4v) is 3.36. The van der Waals surface area contributed by atoms with E-state index in [9.17, 15) is 0 Å². The average Bonchev–Trinajstić information content (AvgIpc) is 3.06. The van der Waals surface area contributed by atoms with Crippen LogP contribution in [0, 0.1) is 5.41 Å². The Bertz CT molecular complexity index is 338. The highest BCUT2D eigenvalue weighted by atomic mass is 127. The fourth-order valence-electron chi connectivity index (χ4n) is 3.36. The van der Waals surface area contributed by atoms with Gasteiger partial charge in [0.05, 0.1) is 0 Å². The molecule has 0 radical (unpaired) electrons. The summed E-state index contributed by atoms with van der Waals surface area (Å²) >= 11 is 0. The molecule has 0 aromatic carbocycles. The van der Waals surface area contributed by atoms with Crippen LogP contribution in [-0.4, -0.2) is 61.6 Å². The Kier molecular flexibility index (Phi) is 9.05. The molecule has 0 bridgehead atoms. The molecule has 130 valence electrons. The van der Waals surface area contributed by atoms with E-state index in [0.717, 1.165) is 32.1 Å². The van der Waals surface area contributed by atoms with Gasteiger partial charge in [-0.15, -0.1) is 24.0 Å². The van der Waals surface area contributed by atoms with Crippen LogP contribution >= 0.6 is 24.0 Å². The number of nitrogens with one attached hydrogen (secondary N) is 1. The second-order valence-corrected chi connectivity index (χ2v) is 7.33. The summed E-state index contributed by atoms with van der Waals surface area (Å²) < 4.78 is 0. The summed E-state index contributed by atoms with van der Waals surface area (Å²) in [5.74, 6) is 1.13. The number of unbranched alkanes of at least 4 members (excludes halogenated alkanes) is 1. The Morgan fingerprint density at radius 3 is 2.45 bits per heavy atom. The fraction of sp³-hybridized carbons (Fsp3) is 0.941. The summed E-state index contributed by atoms with van der Waals surface area (Å²) in [6, 6.07) is 0. The lowest BCUT2D eigenvalue weighted by Crippen LogP contribution is -2.40. The molecule has 2 aliphatic heterocycles. The van der Waals surface area contributed by atoms with E-state index in [1.165, 1.54) is 51.7 Å². The van der Waals surface area contributed by atoms with Crippen LogP contribution in [0.3, 0.4) is 0 Å². The van der Waals surface area contributed by atoms with Crippen molar-refractivity contribution >= 4 is 29.9 Å². The second kappa shape index (κ2) is 9.96. The van der Waals surface area contributed by atoms with E-state index in [1.54, 1.807) is 0 Å². The van der Waals surface area contributed by atoms with Crippen molar-refractivity contribution in [2.45, 2.75) is 52.9 Å². The highest BCUT2D eigenvalue weighted by molar-refractivity contribution is 14.0. The summed E-state index contributed by atoms with van der Waals surface area (Å²) in [6.07, 6.45) is 6.56. The second-order valence-electron chi connectivity index (χ2n) is 7.33. The first-order valence-corrected chi connectivity index (χ1v) is 8.86. The average molecular weight is 422 g/mol. The lowest BCUT2D eigenvalue weighted by Gasteiger charge is -2.23.